The van der Waals surface area contributed by atoms with Crippen molar-refractivity contribution in [2.24, 2.45) is 5.92 Å². The molecule has 2 aromatic rings. The number of benzene rings is 2. The van der Waals surface area contributed by atoms with Crippen LogP contribution in [0.25, 0.3) is 0 Å². The predicted octanol–water partition coefficient (Wildman–Crippen LogP) is 2.21. The highest BCUT2D eigenvalue weighted by Crippen LogP contribution is 2.52. The van der Waals surface area contributed by atoms with Crippen molar-refractivity contribution in [3.63, 3.8) is 0 Å². The number of nitrogens with zero attached hydrogens (tertiary/aromatic N) is 1. The molecule has 0 spiro atoms. The normalized spacial score (nSPS) is 23.5. The second kappa shape index (κ2) is 6.21. The minimum Gasteiger partial charge on any atom is -0.469 e. The Morgan fingerprint density at radius 2 is 1.65 bits per heavy atom. The third-order valence-electron chi connectivity index (χ3n) is 5.32. The predicted molar refractivity (Wildman–Crippen MR) is 100 cm³/mol. The summed E-state index contributed by atoms with van der Waals surface area (Å²) in [5.41, 5.74) is 0.919. The van der Waals surface area contributed by atoms with Crippen molar-refractivity contribution in [2.75, 3.05) is 7.11 Å². The van der Waals surface area contributed by atoms with E-state index in [1.807, 2.05) is 65.6 Å². The van der Waals surface area contributed by atoms with Crippen LogP contribution in [0.4, 0.5) is 0 Å². The van der Waals surface area contributed by atoms with Gasteiger partial charge in [-0.1, -0.05) is 60.7 Å². The van der Waals surface area contributed by atoms with Crippen molar-refractivity contribution >= 4 is 29.2 Å². The van der Waals surface area contributed by atoms with Crippen molar-refractivity contribution in [3.8, 4) is 0 Å². The van der Waals surface area contributed by atoms with Crippen LogP contribution in [0.15, 0.2) is 60.7 Å². The van der Waals surface area contributed by atoms with Crippen LogP contribution >= 0.6 is 12.2 Å². The van der Waals surface area contributed by atoms with Crippen molar-refractivity contribution in [3.05, 3.63) is 71.8 Å². The van der Waals surface area contributed by atoms with Crippen LogP contribution in [-0.2, 0) is 19.9 Å². The second-order valence-electron chi connectivity index (χ2n) is 6.49. The van der Waals surface area contributed by atoms with Crippen LogP contribution < -0.4 is 5.32 Å². The van der Waals surface area contributed by atoms with E-state index < -0.39 is 17.5 Å². The van der Waals surface area contributed by atoms with E-state index in [0.717, 1.165) is 11.1 Å². The minimum absolute atomic E-state index is 0.169. The van der Waals surface area contributed by atoms with Gasteiger partial charge in [-0.3, -0.25) is 9.59 Å². The van der Waals surface area contributed by atoms with E-state index in [9.17, 15) is 9.59 Å². The fraction of sp³-hybridized carbons (Fsp3) is 0.250. The quantitative estimate of drug-likeness (QED) is 0.667. The molecule has 6 heteroatoms. The molecule has 2 aromatic carbocycles. The molecule has 0 aromatic heterocycles. The number of hydrogen-bond donors (Lipinski definition) is 1. The lowest BCUT2D eigenvalue weighted by Gasteiger charge is -2.42. The standard InChI is InChI=1S/C20H18N2O3S/c1-25-18(24)15-12-16-17(23)21-19(26)22(16)20(15,13-8-4-2-5-9-13)14-10-6-3-7-11-14/h2-11,15-16H,12H2,1H3,(H,21,23,26). The van der Waals surface area contributed by atoms with Crippen LogP contribution in [0.5, 0.6) is 0 Å². The fourth-order valence-corrected chi connectivity index (χ4v) is 4.70. The lowest BCUT2D eigenvalue weighted by atomic mass is 9.73. The number of carbonyl (C=O) groups is 2. The van der Waals surface area contributed by atoms with E-state index in [2.05, 4.69) is 5.32 Å². The number of carbonyl (C=O) groups excluding carboxylic acids is 2. The van der Waals surface area contributed by atoms with Gasteiger partial charge in [-0.2, -0.15) is 0 Å². The number of rotatable bonds is 3. The number of thiocarbonyl (C=S) groups is 1. The second-order valence-corrected chi connectivity index (χ2v) is 6.88. The minimum atomic E-state index is -0.892. The van der Waals surface area contributed by atoms with E-state index in [0.29, 0.717) is 11.5 Å². The van der Waals surface area contributed by atoms with E-state index in [1.165, 1.54) is 7.11 Å². The van der Waals surface area contributed by atoms with Crippen molar-refractivity contribution in [2.45, 2.75) is 18.0 Å². The maximum atomic E-state index is 12.8. The molecule has 132 valence electrons. The van der Waals surface area contributed by atoms with Gasteiger partial charge >= 0.3 is 5.97 Å². The summed E-state index contributed by atoms with van der Waals surface area (Å²) in [4.78, 5) is 27.2. The number of ether oxygens (including phenoxy) is 1. The first-order chi connectivity index (χ1) is 12.6. The molecule has 2 heterocycles. The highest BCUT2D eigenvalue weighted by Gasteiger charge is 2.63. The molecule has 26 heavy (non-hydrogen) atoms. The van der Waals surface area contributed by atoms with Gasteiger partial charge in [0.25, 0.3) is 0 Å². The van der Waals surface area contributed by atoms with E-state index in [-0.39, 0.29) is 11.9 Å². The number of esters is 1. The van der Waals surface area contributed by atoms with Gasteiger partial charge in [0.05, 0.1) is 13.0 Å². The summed E-state index contributed by atoms with van der Waals surface area (Å²) in [7, 11) is 1.38. The first kappa shape index (κ1) is 16.7. The maximum Gasteiger partial charge on any atom is 0.311 e. The molecule has 1 N–H and O–H groups in total. The van der Waals surface area contributed by atoms with Gasteiger partial charge < -0.3 is 15.0 Å². The summed E-state index contributed by atoms with van der Waals surface area (Å²) in [5.74, 6) is -1.06. The molecule has 4 rings (SSSR count). The first-order valence-electron chi connectivity index (χ1n) is 8.43. The van der Waals surface area contributed by atoms with E-state index in [4.69, 9.17) is 17.0 Å². The van der Waals surface area contributed by atoms with Crippen LogP contribution in [0.2, 0.25) is 0 Å². The molecule has 5 nitrogen and oxygen atoms in total. The zero-order chi connectivity index (χ0) is 18.3. The van der Waals surface area contributed by atoms with Crippen LogP contribution in [0, 0.1) is 5.92 Å². The molecule has 0 bridgehead atoms. The Balaban J connectivity index is 2.04. The summed E-state index contributed by atoms with van der Waals surface area (Å²) < 4.78 is 5.13. The van der Waals surface area contributed by atoms with Crippen molar-refractivity contribution in [1.29, 1.82) is 0 Å². The molecule has 2 saturated heterocycles. The van der Waals surface area contributed by atoms with Crippen molar-refractivity contribution in [1.82, 2.24) is 10.2 Å². The van der Waals surface area contributed by atoms with Crippen LogP contribution in [-0.4, -0.2) is 35.0 Å². The summed E-state index contributed by atoms with van der Waals surface area (Å²) in [6.45, 7) is 0. The number of methoxy groups -OCH3 is 1. The van der Waals surface area contributed by atoms with Gasteiger partial charge in [-0.25, -0.2) is 0 Å². The van der Waals surface area contributed by atoms with E-state index >= 15 is 0 Å². The Morgan fingerprint density at radius 3 is 2.15 bits per heavy atom. The Bertz CT molecular complexity index is 830. The summed E-state index contributed by atoms with van der Waals surface area (Å²) in [6, 6.07) is 18.9. The molecule has 2 fully saturated rings. The molecule has 0 radical (unpaired) electrons. The molecular formula is C20H18N2O3S. The lowest BCUT2D eigenvalue weighted by molar-refractivity contribution is -0.147. The SMILES string of the molecule is COC(=O)C1CC2C(=O)NC(=S)N2C1(c1ccccc1)c1ccccc1. The van der Waals surface area contributed by atoms with Gasteiger partial charge in [0, 0.05) is 0 Å². The smallest absolute Gasteiger partial charge is 0.311 e. The number of fused-ring (bicyclic) bond motifs is 1. The summed E-state index contributed by atoms with van der Waals surface area (Å²) >= 11 is 5.50. The average Bonchev–Trinajstić information content (AvgIpc) is 3.19. The molecular weight excluding hydrogens is 348 g/mol. The molecule has 2 atom stereocenters. The molecule has 1 amide bonds. The Labute approximate surface area is 157 Å². The monoisotopic (exact) mass is 366 g/mol. The lowest BCUT2D eigenvalue weighted by Crippen LogP contribution is -2.51. The Hall–Kier alpha value is -2.73. The highest BCUT2D eigenvalue weighted by atomic mass is 32.1. The zero-order valence-electron chi connectivity index (χ0n) is 14.2. The average molecular weight is 366 g/mol. The molecule has 2 unspecified atom stereocenters. The zero-order valence-corrected chi connectivity index (χ0v) is 15.0. The Morgan fingerprint density at radius 1 is 1.12 bits per heavy atom. The summed E-state index contributed by atoms with van der Waals surface area (Å²) in [6.07, 6.45) is 0.350. The largest absolute Gasteiger partial charge is 0.469 e. The third kappa shape index (κ3) is 2.18. The van der Waals surface area contributed by atoms with Gasteiger partial charge in [0.1, 0.15) is 11.6 Å². The summed E-state index contributed by atoms with van der Waals surface area (Å²) in [5, 5.41) is 3.10. The van der Waals surface area contributed by atoms with Crippen LogP contribution in [0.1, 0.15) is 17.5 Å². The van der Waals surface area contributed by atoms with E-state index in [1.54, 1.807) is 0 Å². The molecule has 0 aliphatic carbocycles. The number of amides is 1. The number of hydrogen-bond acceptors (Lipinski definition) is 4. The van der Waals surface area contributed by atoms with Crippen molar-refractivity contribution < 1.29 is 14.3 Å². The third-order valence-corrected chi connectivity index (χ3v) is 5.62. The topological polar surface area (TPSA) is 58.6 Å². The molecule has 2 aliphatic rings. The van der Waals surface area contributed by atoms with Gasteiger partial charge in [-0.15, -0.1) is 0 Å². The molecule has 2 aliphatic heterocycles. The van der Waals surface area contributed by atoms with Gasteiger partial charge in [-0.05, 0) is 29.8 Å². The van der Waals surface area contributed by atoms with Gasteiger partial charge in [0.15, 0.2) is 5.11 Å². The number of nitrogens with one attached hydrogen (secondary N) is 1. The van der Waals surface area contributed by atoms with Gasteiger partial charge in [0.2, 0.25) is 5.91 Å². The molecule has 0 saturated carbocycles. The Kier molecular flexibility index (Phi) is 4.00. The maximum absolute atomic E-state index is 12.8. The first-order valence-corrected chi connectivity index (χ1v) is 8.84. The highest BCUT2D eigenvalue weighted by molar-refractivity contribution is 7.80. The fourth-order valence-electron chi connectivity index (χ4n) is 4.33. The van der Waals surface area contributed by atoms with Crippen LogP contribution in [0.3, 0.4) is 0 Å².